The van der Waals surface area contributed by atoms with Gasteiger partial charge in [-0.05, 0) is 24.5 Å². The number of rotatable bonds is 3. The van der Waals surface area contributed by atoms with Crippen molar-refractivity contribution in [1.82, 2.24) is 20.0 Å². The summed E-state index contributed by atoms with van der Waals surface area (Å²) in [7, 11) is 0. The van der Waals surface area contributed by atoms with E-state index in [1.165, 1.54) is 10.9 Å². The van der Waals surface area contributed by atoms with E-state index in [2.05, 4.69) is 20.6 Å². The number of aryl methyl sites for hydroxylation is 1. The van der Waals surface area contributed by atoms with Crippen LogP contribution < -0.4 is 10.1 Å². The average molecular weight is 333 g/mol. The number of alkyl halides is 1. The van der Waals surface area contributed by atoms with Crippen LogP contribution in [0.2, 0.25) is 0 Å². The van der Waals surface area contributed by atoms with E-state index in [4.69, 9.17) is 9.47 Å². The molecule has 1 N–H and O–H groups in total. The summed E-state index contributed by atoms with van der Waals surface area (Å²) in [6, 6.07) is 1.25. The van der Waals surface area contributed by atoms with Gasteiger partial charge in [-0.2, -0.15) is 0 Å². The molecule has 0 bridgehead atoms. The van der Waals surface area contributed by atoms with E-state index in [9.17, 15) is 9.18 Å². The molecule has 9 heteroatoms. The quantitative estimate of drug-likeness (QED) is 0.906. The Hall–Kier alpha value is -2.55. The van der Waals surface area contributed by atoms with Crippen molar-refractivity contribution in [2.75, 3.05) is 25.1 Å². The Kier molecular flexibility index (Phi) is 3.85. The van der Waals surface area contributed by atoms with Crippen molar-refractivity contribution in [3.8, 4) is 5.75 Å². The van der Waals surface area contributed by atoms with Crippen LogP contribution in [0, 0.1) is 0 Å². The molecule has 0 radical (unpaired) electrons. The zero-order valence-corrected chi connectivity index (χ0v) is 12.8. The zero-order valence-electron chi connectivity index (χ0n) is 12.8. The van der Waals surface area contributed by atoms with Gasteiger partial charge in [0.25, 0.3) is 5.91 Å². The summed E-state index contributed by atoms with van der Waals surface area (Å²) in [4.78, 5) is 16.4. The van der Waals surface area contributed by atoms with Crippen LogP contribution in [0.25, 0.3) is 0 Å². The van der Waals surface area contributed by atoms with E-state index in [0.717, 1.165) is 24.2 Å². The van der Waals surface area contributed by atoms with E-state index in [-0.39, 0.29) is 18.9 Å². The number of amides is 1. The molecule has 24 heavy (non-hydrogen) atoms. The predicted octanol–water partition coefficient (Wildman–Crippen LogP) is 1.16. The summed E-state index contributed by atoms with van der Waals surface area (Å²) in [5.41, 5.74) is 1.11. The first kappa shape index (κ1) is 15.0. The molecule has 126 valence electrons. The molecule has 0 unspecified atom stereocenters. The number of fused-ring (bicyclic) bond motifs is 1. The number of nitrogens with one attached hydrogen (secondary N) is 1. The minimum atomic E-state index is -1.15. The van der Waals surface area contributed by atoms with Gasteiger partial charge < -0.3 is 14.8 Å². The molecule has 2 aliphatic heterocycles. The highest BCUT2D eigenvalue weighted by Crippen LogP contribution is 2.26. The summed E-state index contributed by atoms with van der Waals surface area (Å²) in [6.07, 6.45) is 3.70. The van der Waals surface area contributed by atoms with Gasteiger partial charge in [0.15, 0.2) is 5.69 Å². The summed E-state index contributed by atoms with van der Waals surface area (Å²) in [5, 5.41) is 10.3. The van der Waals surface area contributed by atoms with E-state index >= 15 is 0 Å². The second kappa shape index (κ2) is 6.16. The molecule has 0 aromatic carbocycles. The monoisotopic (exact) mass is 333 g/mol. The third-order valence-electron chi connectivity index (χ3n) is 4.10. The number of halogens is 1. The molecular formula is C15H16FN5O3. The normalized spacial score (nSPS) is 22.7. The fraction of sp³-hybridized carbons (Fsp3) is 0.467. The Morgan fingerprint density at radius 3 is 3.17 bits per heavy atom. The lowest BCUT2D eigenvalue weighted by molar-refractivity contribution is 0.102. The summed E-state index contributed by atoms with van der Waals surface area (Å²) < 4.78 is 25.5. The summed E-state index contributed by atoms with van der Waals surface area (Å²) in [5.74, 6) is 0.728. The van der Waals surface area contributed by atoms with Crippen LogP contribution in [0.5, 0.6) is 5.75 Å². The highest BCUT2D eigenvalue weighted by molar-refractivity contribution is 6.02. The SMILES string of the molecule is O=C(Nc1cc2c(cn1)OCCC2)c1cn([C@H]2COC[C@H]2F)nn1. The molecule has 2 atom stereocenters. The Labute approximate surface area is 137 Å². The fourth-order valence-corrected chi connectivity index (χ4v) is 2.81. The molecule has 2 aliphatic rings. The van der Waals surface area contributed by atoms with Crippen molar-refractivity contribution in [3.63, 3.8) is 0 Å². The van der Waals surface area contributed by atoms with Crippen LogP contribution in [0.1, 0.15) is 28.5 Å². The molecule has 8 nitrogen and oxygen atoms in total. The van der Waals surface area contributed by atoms with Crippen LogP contribution in [0.4, 0.5) is 10.2 Å². The third kappa shape index (κ3) is 2.82. The van der Waals surface area contributed by atoms with Crippen LogP contribution in [-0.4, -0.2) is 51.9 Å². The standard InChI is InChI=1S/C15H16FN5O3/c16-10-7-23-8-12(10)21-6-11(19-20-21)15(22)18-14-4-9-2-1-3-24-13(9)5-17-14/h4-6,10,12H,1-3,7-8H2,(H,17,18,22)/t10-,12+/m1/s1. The van der Waals surface area contributed by atoms with E-state index < -0.39 is 18.1 Å². The van der Waals surface area contributed by atoms with Gasteiger partial charge in [0, 0.05) is 0 Å². The first-order chi connectivity index (χ1) is 11.7. The Morgan fingerprint density at radius 2 is 2.33 bits per heavy atom. The molecule has 0 saturated carbocycles. The lowest BCUT2D eigenvalue weighted by atomic mass is 10.1. The number of pyridine rings is 1. The minimum Gasteiger partial charge on any atom is -0.492 e. The molecule has 0 aliphatic carbocycles. The average Bonchev–Trinajstić information content (AvgIpc) is 3.23. The molecule has 0 spiro atoms. The molecule has 2 aromatic rings. The largest absolute Gasteiger partial charge is 0.492 e. The number of carbonyl (C=O) groups excluding carboxylic acids is 1. The van der Waals surface area contributed by atoms with Crippen molar-refractivity contribution < 1.29 is 18.7 Å². The lowest BCUT2D eigenvalue weighted by Crippen LogP contribution is -2.19. The Balaban J connectivity index is 1.47. The number of hydrogen-bond acceptors (Lipinski definition) is 6. The molecule has 4 heterocycles. The second-order valence-corrected chi connectivity index (χ2v) is 5.79. The molecule has 1 fully saturated rings. The maximum absolute atomic E-state index is 13.7. The first-order valence-corrected chi connectivity index (χ1v) is 7.77. The van der Waals surface area contributed by atoms with Gasteiger partial charge in [-0.3, -0.25) is 4.79 Å². The number of ether oxygens (including phenoxy) is 2. The number of anilines is 1. The Bertz CT molecular complexity index is 765. The van der Waals surface area contributed by atoms with Gasteiger partial charge >= 0.3 is 0 Å². The zero-order chi connectivity index (χ0) is 16.5. The number of hydrogen-bond donors (Lipinski definition) is 1. The van der Waals surface area contributed by atoms with Gasteiger partial charge in [-0.25, -0.2) is 14.1 Å². The van der Waals surface area contributed by atoms with Gasteiger partial charge in [0.2, 0.25) is 0 Å². The summed E-state index contributed by atoms with van der Waals surface area (Å²) >= 11 is 0. The first-order valence-electron chi connectivity index (χ1n) is 7.77. The number of nitrogens with zero attached hydrogens (tertiary/aromatic N) is 4. The van der Waals surface area contributed by atoms with E-state index in [1.54, 1.807) is 12.3 Å². The minimum absolute atomic E-state index is 0.0349. The topological polar surface area (TPSA) is 91.2 Å². The molecule has 1 saturated heterocycles. The third-order valence-corrected chi connectivity index (χ3v) is 4.10. The fourth-order valence-electron chi connectivity index (χ4n) is 2.81. The highest BCUT2D eigenvalue weighted by Gasteiger charge is 2.31. The van der Waals surface area contributed by atoms with Crippen molar-refractivity contribution in [2.45, 2.75) is 25.1 Å². The maximum Gasteiger partial charge on any atom is 0.278 e. The van der Waals surface area contributed by atoms with Crippen molar-refractivity contribution in [1.29, 1.82) is 0 Å². The van der Waals surface area contributed by atoms with Crippen LogP contribution in [0.3, 0.4) is 0 Å². The smallest absolute Gasteiger partial charge is 0.278 e. The molecule has 2 aromatic heterocycles. The maximum atomic E-state index is 13.7. The van der Waals surface area contributed by atoms with Crippen molar-refractivity contribution in [3.05, 3.63) is 29.7 Å². The van der Waals surface area contributed by atoms with Crippen molar-refractivity contribution >= 4 is 11.7 Å². The van der Waals surface area contributed by atoms with Crippen LogP contribution in [-0.2, 0) is 11.2 Å². The summed E-state index contributed by atoms with van der Waals surface area (Å²) in [6.45, 7) is 0.940. The molecule has 4 rings (SSSR count). The van der Waals surface area contributed by atoms with E-state index in [1.807, 2.05) is 0 Å². The highest BCUT2D eigenvalue weighted by atomic mass is 19.1. The van der Waals surface area contributed by atoms with Gasteiger partial charge in [0.1, 0.15) is 23.8 Å². The van der Waals surface area contributed by atoms with Gasteiger partial charge in [-0.1, -0.05) is 5.21 Å². The number of carbonyl (C=O) groups is 1. The van der Waals surface area contributed by atoms with Crippen molar-refractivity contribution in [2.24, 2.45) is 0 Å². The van der Waals surface area contributed by atoms with E-state index in [0.29, 0.717) is 12.4 Å². The molecular weight excluding hydrogens is 317 g/mol. The van der Waals surface area contributed by atoms with Crippen LogP contribution in [0.15, 0.2) is 18.5 Å². The Morgan fingerprint density at radius 1 is 1.42 bits per heavy atom. The van der Waals surface area contributed by atoms with Crippen LogP contribution >= 0.6 is 0 Å². The lowest BCUT2D eigenvalue weighted by Gasteiger charge is -2.17. The predicted molar refractivity (Wildman–Crippen MR) is 80.8 cm³/mol. The molecule has 1 amide bonds. The second-order valence-electron chi connectivity index (χ2n) is 5.79. The number of aromatic nitrogens is 4. The van der Waals surface area contributed by atoms with Gasteiger partial charge in [0.05, 0.1) is 32.2 Å². The van der Waals surface area contributed by atoms with Gasteiger partial charge in [-0.15, -0.1) is 5.10 Å².